The van der Waals surface area contributed by atoms with E-state index in [1.807, 2.05) is 49.4 Å². The molecule has 7 heteroatoms. The summed E-state index contributed by atoms with van der Waals surface area (Å²) in [5.74, 6) is 1.55. The third-order valence-corrected chi connectivity index (χ3v) is 5.67. The Kier molecular flexibility index (Phi) is 5.59. The van der Waals surface area contributed by atoms with E-state index in [0.29, 0.717) is 6.54 Å². The molecular formula is C21H25ClN3O3+. The van der Waals surface area contributed by atoms with Crippen LogP contribution in [0.1, 0.15) is 18.5 Å². The van der Waals surface area contributed by atoms with E-state index in [0.717, 1.165) is 54.0 Å². The number of benzene rings is 2. The third-order valence-electron chi connectivity index (χ3n) is 5.35. The number of nitrogens with zero attached hydrogens (tertiary/aromatic N) is 1. The largest absolute Gasteiger partial charge is 0.454 e. The fourth-order valence-electron chi connectivity index (χ4n) is 3.73. The minimum absolute atomic E-state index is 0.0614. The van der Waals surface area contributed by atoms with Crippen molar-refractivity contribution in [2.75, 3.05) is 44.4 Å². The Morgan fingerprint density at radius 2 is 1.93 bits per heavy atom. The molecule has 6 nitrogen and oxygen atoms in total. The Morgan fingerprint density at radius 3 is 2.71 bits per heavy atom. The van der Waals surface area contributed by atoms with Gasteiger partial charge in [0.15, 0.2) is 18.0 Å². The van der Waals surface area contributed by atoms with Gasteiger partial charge >= 0.3 is 0 Å². The maximum absolute atomic E-state index is 12.5. The van der Waals surface area contributed by atoms with E-state index in [9.17, 15) is 4.79 Å². The smallest absolute Gasteiger partial charge is 0.275 e. The van der Waals surface area contributed by atoms with Gasteiger partial charge in [0, 0.05) is 0 Å². The fraction of sp³-hybridized carbons (Fsp3) is 0.381. The van der Waals surface area contributed by atoms with Crippen LogP contribution in [0, 0.1) is 0 Å². The molecule has 0 unspecified atom stereocenters. The highest BCUT2D eigenvalue weighted by molar-refractivity contribution is 6.33. The summed E-state index contributed by atoms with van der Waals surface area (Å²) < 4.78 is 10.8. The second-order valence-electron chi connectivity index (χ2n) is 7.27. The normalized spacial score (nSPS) is 17.4. The highest BCUT2D eigenvalue weighted by Crippen LogP contribution is 2.34. The van der Waals surface area contributed by atoms with Crippen molar-refractivity contribution in [3.63, 3.8) is 0 Å². The van der Waals surface area contributed by atoms with E-state index in [4.69, 9.17) is 21.1 Å². The summed E-state index contributed by atoms with van der Waals surface area (Å²) in [6.07, 6.45) is 0. The quantitative estimate of drug-likeness (QED) is 0.798. The van der Waals surface area contributed by atoms with Crippen molar-refractivity contribution in [3.8, 4) is 11.5 Å². The lowest BCUT2D eigenvalue weighted by molar-refractivity contribution is -0.892. The summed E-state index contributed by atoms with van der Waals surface area (Å²) in [7, 11) is 0. The standard InChI is InChI=1S/C21H24ClN3O3/c1-15(16-6-7-19-20(12-16)28-14-27-19)23-21(26)13-24-8-10-25(11-9-24)18-5-3-2-4-17(18)22/h2-7,12,15H,8-11,13-14H2,1H3,(H,23,26)/p+1/t15-/m0/s1. The van der Waals surface area contributed by atoms with Crippen LogP contribution < -0.4 is 24.6 Å². The van der Waals surface area contributed by atoms with Gasteiger partial charge in [0.25, 0.3) is 5.91 Å². The number of hydrogen-bond acceptors (Lipinski definition) is 4. The van der Waals surface area contributed by atoms with Gasteiger partial charge in [0.2, 0.25) is 6.79 Å². The van der Waals surface area contributed by atoms with Crippen LogP contribution in [-0.2, 0) is 4.79 Å². The zero-order valence-electron chi connectivity index (χ0n) is 15.9. The first kappa shape index (κ1) is 18.9. The van der Waals surface area contributed by atoms with Crippen molar-refractivity contribution in [2.24, 2.45) is 0 Å². The number of hydrogen-bond donors (Lipinski definition) is 2. The van der Waals surface area contributed by atoms with Crippen molar-refractivity contribution < 1.29 is 19.2 Å². The number of nitrogens with one attached hydrogen (secondary N) is 2. The van der Waals surface area contributed by atoms with Gasteiger partial charge in [-0.1, -0.05) is 29.8 Å². The first-order valence-electron chi connectivity index (χ1n) is 9.62. The molecule has 0 spiro atoms. The Balaban J connectivity index is 1.27. The molecule has 2 heterocycles. The Morgan fingerprint density at radius 1 is 1.18 bits per heavy atom. The highest BCUT2D eigenvalue weighted by atomic mass is 35.5. The molecule has 2 aliphatic heterocycles. The molecule has 1 atom stereocenters. The van der Waals surface area contributed by atoms with E-state index >= 15 is 0 Å². The van der Waals surface area contributed by atoms with Crippen LogP contribution in [-0.4, -0.2) is 45.4 Å². The second-order valence-corrected chi connectivity index (χ2v) is 7.67. The van der Waals surface area contributed by atoms with Crippen LogP contribution in [0.4, 0.5) is 5.69 Å². The van der Waals surface area contributed by atoms with Crippen LogP contribution in [0.15, 0.2) is 42.5 Å². The van der Waals surface area contributed by atoms with Crippen molar-refractivity contribution in [2.45, 2.75) is 13.0 Å². The molecule has 0 aliphatic carbocycles. The lowest BCUT2D eigenvalue weighted by Crippen LogP contribution is -3.16. The number of anilines is 1. The third kappa shape index (κ3) is 4.18. The predicted molar refractivity (Wildman–Crippen MR) is 108 cm³/mol. The molecule has 1 fully saturated rings. The molecule has 1 amide bonds. The number of carbonyl (C=O) groups is 1. The first-order valence-corrected chi connectivity index (χ1v) is 10.00. The zero-order valence-corrected chi connectivity index (χ0v) is 16.7. The number of carbonyl (C=O) groups excluding carboxylic acids is 1. The molecule has 4 rings (SSSR count). The maximum Gasteiger partial charge on any atom is 0.275 e. The number of rotatable bonds is 5. The summed E-state index contributed by atoms with van der Waals surface area (Å²) in [4.78, 5) is 16.1. The zero-order chi connectivity index (χ0) is 19.5. The summed E-state index contributed by atoms with van der Waals surface area (Å²) >= 11 is 6.30. The van der Waals surface area contributed by atoms with Crippen LogP contribution >= 0.6 is 11.6 Å². The van der Waals surface area contributed by atoms with Gasteiger partial charge in [-0.05, 0) is 36.8 Å². The molecule has 2 N–H and O–H groups in total. The van der Waals surface area contributed by atoms with Crippen molar-refractivity contribution in [3.05, 3.63) is 53.1 Å². The summed E-state index contributed by atoms with van der Waals surface area (Å²) in [6.45, 7) is 6.33. The molecular weight excluding hydrogens is 378 g/mol. The lowest BCUT2D eigenvalue weighted by atomic mass is 10.1. The topological polar surface area (TPSA) is 55.2 Å². The summed E-state index contributed by atoms with van der Waals surface area (Å²) in [6, 6.07) is 13.6. The molecule has 2 aromatic carbocycles. The van der Waals surface area contributed by atoms with Crippen molar-refractivity contribution >= 4 is 23.2 Å². The average Bonchev–Trinajstić information content (AvgIpc) is 3.17. The molecule has 2 aliphatic rings. The van der Waals surface area contributed by atoms with E-state index in [2.05, 4.69) is 10.2 Å². The van der Waals surface area contributed by atoms with Gasteiger partial charge in [-0.3, -0.25) is 4.79 Å². The van der Waals surface area contributed by atoms with Gasteiger partial charge in [-0.2, -0.15) is 0 Å². The minimum atomic E-state index is -0.0779. The Bertz CT molecular complexity index is 853. The van der Waals surface area contributed by atoms with Crippen LogP contribution in [0.3, 0.4) is 0 Å². The van der Waals surface area contributed by atoms with E-state index < -0.39 is 0 Å². The number of amides is 1. The number of fused-ring (bicyclic) bond motifs is 1. The van der Waals surface area contributed by atoms with Gasteiger partial charge in [-0.15, -0.1) is 0 Å². The predicted octanol–water partition coefficient (Wildman–Crippen LogP) is 1.65. The van der Waals surface area contributed by atoms with Crippen LogP contribution in [0.2, 0.25) is 5.02 Å². The monoisotopic (exact) mass is 402 g/mol. The van der Waals surface area contributed by atoms with Gasteiger partial charge in [0.05, 0.1) is 42.9 Å². The van der Waals surface area contributed by atoms with Crippen LogP contribution in [0.25, 0.3) is 0 Å². The molecule has 0 bridgehead atoms. The van der Waals surface area contributed by atoms with E-state index in [-0.39, 0.29) is 18.7 Å². The number of piperazine rings is 1. The summed E-state index contributed by atoms with van der Waals surface area (Å²) in [5.41, 5.74) is 2.08. The van der Waals surface area contributed by atoms with Crippen molar-refractivity contribution in [1.29, 1.82) is 0 Å². The van der Waals surface area contributed by atoms with E-state index in [1.54, 1.807) is 0 Å². The molecule has 0 radical (unpaired) electrons. The number of ether oxygens (including phenoxy) is 2. The molecule has 0 aromatic heterocycles. The number of para-hydroxylation sites is 1. The maximum atomic E-state index is 12.5. The fourth-order valence-corrected chi connectivity index (χ4v) is 3.99. The van der Waals surface area contributed by atoms with Gasteiger partial charge in [0.1, 0.15) is 0 Å². The molecule has 1 saturated heterocycles. The SMILES string of the molecule is C[C@H](NC(=O)C[NH+]1CCN(c2ccccc2Cl)CC1)c1ccc2c(c1)OCO2. The number of quaternary nitrogens is 1. The molecule has 28 heavy (non-hydrogen) atoms. The molecule has 0 saturated carbocycles. The molecule has 148 valence electrons. The first-order chi connectivity index (χ1) is 13.6. The van der Waals surface area contributed by atoms with Crippen LogP contribution in [0.5, 0.6) is 11.5 Å². The minimum Gasteiger partial charge on any atom is -0.454 e. The van der Waals surface area contributed by atoms with Crippen molar-refractivity contribution in [1.82, 2.24) is 5.32 Å². The molecule has 2 aromatic rings. The lowest BCUT2D eigenvalue weighted by Gasteiger charge is -2.34. The van der Waals surface area contributed by atoms with E-state index in [1.165, 1.54) is 4.90 Å². The van der Waals surface area contributed by atoms with Gasteiger partial charge < -0.3 is 24.6 Å². The average molecular weight is 403 g/mol. The summed E-state index contributed by atoms with van der Waals surface area (Å²) in [5, 5.41) is 3.87. The Labute approximate surface area is 170 Å². The van der Waals surface area contributed by atoms with Gasteiger partial charge in [-0.25, -0.2) is 0 Å². The Hall–Kier alpha value is -2.44. The highest BCUT2D eigenvalue weighted by Gasteiger charge is 2.24. The number of halogens is 1. The second kappa shape index (κ2) is 8.29.